The van der Waals surface area contributed by atoms with Crippen LogP contribution in [0.5, 0.6) is 0 Å². The first-order chi connectivity index (χ1) is 17.2. The molecule has 0 saturated carbocycles. The normalized spacial score (nSPS) is 13.0. The fourth-order valence-electron chi connectivity index (χ4n) is 4.29. The number of carbonyl (C=O) groups excluding carboxylic acids is 2. The molecular weight excluding hydrogens is 438 g/mol. The molecule has 0 spiro atoms. The number of nitrogens with one attached hydrogen (secondary N) is 2. The lowest BCUT2D eigenvalue weighted by atomic mass is 10.0. The lowest BCUT2D eigenvalue weighted by Crippen LogP contribution is -2.29. The number of nitrogens with zero attached hydrogens (tertiary/aromatic N) is 1. The number of hydrogen-bond donors (Lipinski definition) is 2. The van der Waals surface area contributed by atoms with Crippen LogP contribution >= 0.6 is 0 Å². The van der Waals surface area contributed by atoms with Crippen LogP contribution in [-0.2, 0) is 4.74 Å². The van der Waals surface area contributed by atoms with Crippen molar-refractivity contribution < 1.29 is 14.3 Å². The highest BCUT2D eigenvalue weighted by atomic mass is 16.5. The first kappa shape index (κ1) is 24.5. The highest BCUT2D eigenvalue weighted by Gasteiger charge is 2.20. The molecule has 0 unspecified atom stereocenters. The standard InChI is InChI=1S/C29H33N3O3/c1-2-35-20-8-17-30-29(34)26-21-25(15-16-27(26)32-18-6-7-19-32)31-28(33)24-13-11-23(12-14-24)22-9-4-3-5-10-22/h3-5,9-16,21H,2,6-8,17-20H2,1H3,(H,30,34)(H,31,33). The molecule has 3 aromatic carbocycles. The number of benzene rings is 3. The second-order valence-electron chi connectivity index (χ2n) is 8.63. The maximum Gasteiger partial charge on any atom is 0.255 e. The zero-order valence-corrected chi connectivity index (χ0v) is 20.3. The van der Waals surface area contributed by atoms with E-state index in [2.05, 4.69) is 15.5 Å². The first-order valence-corrected chi connectivity index (χ1v) is 12.4. The summed E-state index contributed by atoms with van der Waals surface area (Å²) >= 11 is 0. The molecule has 6 nitrogen and oxygen atoms in total. The van der Waals surface area contributed by atoms with E-state index in [1.807, 2.05) is 73.7 Å². The third-order valence-electron chi connectivity index (χ3n) is 6.16. The molecule has 0 bridgehead atoms. The van der Waals surface area contributed by atoms with Crippen LogP contribution in [0.2, 0.25) is 0 Å². The molecule has 0 radical (unpaired) electrons. The van der Waals surface area contributed by atoms with Gasteiger partial charge in [0, 0.05) is 49.8 Å². The summed E-state index contributed by atoms with van der Waals surface area (Å²) in [5, 5.41) is 5.95. The van der Waals surface area contributed by atoms with Gasteiger partial charge in [0.2, 0.25) is 0 Å². The Labute approximate surface area is 207 Å². The molecule has 3 aromatic rings. The molecule has 35 heavy (non-hydrogen) atoms. The first-order valence-electron chi connectivity index (χ1n) is 12.4. The summed E-state index contributed by atoms with van der Waals surface area (Å²) in [7, 11) is 0. The van der Waals surface area contributed by atoms with Crippen molar-refractivity contribution >= 4 is 23.2 Å². The molecule has 0 aromatic heterocycles. The van der Waals surface area contributed by atoms with E-state index < -0.39 is 0 Å². The van der Waals surface area contributed by atoms with Gasteiger partial charge in [-0.25, -0.2) is 0 Å². The number of hydrogen-bond acceptors (Lipinski definition) is 4. The monoisotopic (exact) mass is 471 g/mol. The Morgan fingerprint density at radius 1 is 0.886 bits per heavy atom. The smallest absolute Gasteiger partial charge is 0.255 e. The topological polar surface area (TPSA) is 70.7 Å². The Balaban J connectivity index is 1.47. The van der Waals surface area contributed by atoms with E-state index in [1.54, 1.807) is 6.07 Å². The van der Waals surface area contributed by atoms with E-state index in [9.17, 15) is 9.59 Å². The average Bonchev–Trinajstić information content (AvgIpc) is 3.44. The highest BCUT2D eigenvalue weighted by molar-refractivity contribution is 6.06. The molecular formula is C29H33N3O3. The van der Waals surface area contributed by atoms with Gasteiger partial charge in [0.05, 0.1) is 5.56 Å². The second kappa shape index (κ2) is 12.2. The van der Waals surface area contributed by atoms with Crippen molar-refractivity contribution in [2.75, 3.05) is 43.1 Å². The summed E-state index contributed by atoms with van der Waals surface area (Å²) in [4.78, 5) is 28.2. The van der Waals surface area contributed by atoms with Crippen LogP contribution in [0.15, 0.2) is 72.8 Å². The van der Waals surface area contributed by atoms with Crippen LogP contribution in [0.25, 0.3) is 11.1 Å². The van der Waals surface area contributed by atoms with Gasteiger partial charge in [-0.3, -0.25) is 9.59 Å². The van der Waals surface area contributed by atoms with E-state index in [0.717, 1.165) is 49.2 Å². The zero-order chi connectivity index (χ0) is 24.5. The van der Waals surface area contributed by atoms with Crippen molar-refractivity contribution in [1.29, 1.82) is 0 Å². The van der Waals surface area contributed by atoms with Crippen LogP contribution in [0.3, 0.4) is 0 Å². The number of rotatable bonds is 10. The molecule has 1 saturated heterocycles. The predicted molar refractivity (Wildman–Crippen MR) is 141 cm³/mol. The summed E-state index contributed by atoms with van der Waals surface area (Å²) in [6.07, 6.45) is 2.99. The van der Waals surface area contributed by atoms with Crippen molar-refractivity contribution in [2.45, 2.75) is 26.2 Å². The Morgan fingerprint density at radius 2 is 1.60 bits per heavy atom. The van der Waals surface area contributed by atoms with Gasteiger partial charge in [0.25, 0.3) is 11.8 Å². The third-order valence-corrected chi connectivity index (χ3v) is 6.16. The van der Waals surface area contributed by atoms with Crippen molar-refractivity contribution in [3.8, 4) is 11.1 Å². The molecule has 4 rings (SSSR count). The minimum absolute atomic E-state index is 0.133. The molecule has 2 amide bonds. The van der Waals surface area contributed by atoms with Gasteiger partial charge >= 0.3 is 0 Å². The van der Waals surface area contributed by atoms with Crippen LogP contribution in [0.1, 0.15) is 46.9 Å². The van der Waals surface area contributed by atoms with E-state index in [-0.39, 0.29) is 11.8 Å². The number of ether oxygens (including phenoxy) is 1. The maximum atomic E-state index is 13.0. The maximum absolute atomic E-state index is 13.0. The van der Waals surface area contributed by atoms with E-state index in [0.29, 0.717) is 36.6 Å². The quantitative estimate of drug-likeness (QED) is 0.391. The minimum Gasteiger partial charge on any atom is -0.382 e. The molecule has 182 valence electrons. The van der Waals surface area contributed by atoms with Gasteiger partial charge in [-0.1, -0.05) is 42.5 Å². The van der Waals surface area contributed by atoms with Gasteiger partial charge in [-0.15, -0.1) is 0 Å². The summed E-state index contributed by atoms with van der Waals surface area (Å²) in [6.45, 7) is 5.66. The van der Waals surface area contributed by atoms with Crippen LogP contribution in [0, 0.1) is 0 Å². The number of amides is 2. The number of anilines is 2. The molecule has 2 N–H and O–H groups in total. The Hall–Kier alpha value is -3.64. The third kappa shape index (κ3) is 6.49. The van der Waals surface area contributed by atoms with Gasteiger partial charge in [0.15, 0.2) is 0 Å². The minimum atomic E-state index is -0.207. The van der Waals surface area contributed by atoms with Crippen molar-refractivity contribution in [2.24, 2.45) is 0 Å². The van der Waals surface area contributed by atoms with Gasteiger partial charge in [0.1, 0.15) is 0 Å². The second-order valence-corrected chi connectivity index (χ2v) is 8.63. The van der Waals surface area contributed by atoms with E-state index in [4.69, 9.17) is 4.74 Å². The van der Waals surface area contributed by atoms with Crippen molar-refractivity contribution in [1.82, 2.24) is 5.32 Å². The van der Waals surface area contributed by atoms with Crippen LogP contribution in [0.4, 0.5) is 11.4 Å². The summed E-state index contributed by atoms with van der Waals surface area (Å²) in [5.74, 6) is -0.340. The molecule has 1 aliphatic rings. The van der Waals surface area contributed by atoms with Crippen molar-refractivity contribution in [3.05, 3.63) is 83.9 Å². The van der Waals surface area contributed by atoms with E-state index in [1.165, 1.54) is 0 Å². The van der Waals surface area contributed by atoms with Gasteiger partial charge in [-0.05, 0) is 67.6 Å². The van der Waals surface area contributed by atoms with Crippen LogP contribution < -0.4 is 15.5 Å². The van der Waals surface area contributed by atoms with Gasteiger partial charge < -0.3 is 20.3 Å². The molecule has 6 heteroatoms. The summed E-state index contributed by atoms with van der Waals surface area (Å²) in [5.41, 5.74) is 4.82. The lowest BCUT2D eigenvalue weighted by molar-refractivity contribution is 0.0943. The largest absolute Gasteiger partial charge is 0.382 e. The molecule has 0 atom stereocenters. The Bertz CT molecular complexity index is 1120. The van der Waals surface area contributed by atoms with Gasteiger partial charge in [-0.2, -0.15) is 0 Å². The summed E-state index contributed by atoms with van der Waals surface area (Å²) < 4.78 is 5.36. The SMILES string of the molecule is CCOCCCNC(=O)c1cc(NC(=O)c2ccc(-c3ccccc3)cc2)ccc1N1CCCC1. The zero-order valence-electron chi connectivity index (χ0n) is 20.3. The Morgan fingerprint density at radius 3 is 2.31 bits per heavy atom. The van der Waals surface area contributed by atoms with E-state index >= 15 is 0 Å². The van der Waals surface area contributed by atoms with Crippen LogP contribution in [-0.4, -0.2) is 44.7 Å². The fourth-order valence-corrected chi connectivity index (χ4v) is 4.29. The molecule has 1 heterocycles. The lowest BCUT2D eigenvalue weighted by Gasteiger charge is -2.22. The predicted octanol–water partition coefficient (Wildman–Crippen LogP) is 5.36. The molecule has 1 fully saturated rings. The fraction of sp³-hybridized carbons (Fsp3) is 0.310. The Kier molecular flexibility index (Phi) is 8.52. The molecule has 1 aliphatic heterocycles. The molecule has 0 aliphatic carbocycles. The van der Waals surface area contributed by atoms with Crippen molar-refractivity contribution in [3.63, 3.8) is 0 Å². The number of carbonyl (C=O) groups is 2. The summed E-state index contributed by atoms with van der Waals surface area (Å²) in [6, 6.07) is 23.2. The highest BCUT2D eigenvalue weighted by Crippen LogP contribution is 2.28. The average molecular weight is 472 g/mol.